The number of nitriles is 1. The molecule has 1 heterocycles. The van der Waals surface area contributed by atoms with E-state index in [9.17, 15) is 0 Å². The van der Waals surface area contributed by atoms with Crippen molar-refractivity contribution in [3.8, 4) is 6.07 Å². The SMILES string of the molecule is Cc1cc(NCc2ccnn2C)ccc1C#N. The van der Waals surface area contributed by atoms with E-state index in [1.54, 1.807) is 6.20 Å². The maximum Gasteiger partial charge on any atom is 0.0994 e. The average Bonchev–Trinajstić information content (AvgIpc) is 2.72. The zero-order chi connectivity index (χ0) is 12.3. The molecule has 1 aromatic heterocycles. The zero-order valence-electron chi connectivity index (χ0n) is 9.94. The van der Waals surface area contributed by atoms with Gasteiger partial charge in [-0.05, 0) is 36.8 Å². The van der Waals surface area contributed by atoms with Crippen molar-refractivity contribution in [2.24, 2.45) is 7.05 Å². The molecule has 17 heavy (non-hydrogen) atoms. The molecule has 1 N–H and O–H groups in total. The van der Waals surface area contributed by atoms with E-state index >= 15 is 0 Å². The van der Waals surface area contributed by atoms with Gasteiger partial charge in [-0.25, -0.2) is 0 Å². The van der Waals surface area contributed by atoms with E-state index in [0.29, 0.717) is 0 Å². The second-order valence-corrected chi connectivity index (χ2v) is 3.94. The maximum atomic E-state index is 8.84. The fourth-order valence-corrected chi connectivity index (χ4v) is 1.67. The van der Waals surface area contributed by atoms with Crippen LogP contribution in [-0.2, 0) is 13.6 Å². The van der Waals surface area contributed by atoms with Gasteiger partial charge in [0.25, 0.3) is 0 Å². The third-order valence-corrected chi connectivity index (χ3v) is 2.74. The fourth-order valence-electron chi connectivity index (χ4n) is 1.67. The minimum atomic E-state index is 0.719. The molecule has 0 saturated heterocycles. The lowest BCUT2D eigenvalue weighted by Crippen LogP contribution is -2.05. The number of hydrogen-bond donors (Lipinski definition) is 1. The molecule has 2 rings (SSSR count). The third-order valence-electron chi connectivity index (χ3n) is 2.74. The van der Waals surface area contributed by atoms with E-state index in [2.05, 4.69) is 16.5 Å². The van der Waals surface area contributed by atoms with Gasteiger partial charge in [0.15, 0.2) is 0 Å². The molecule has 0 aliphatic rings. The van der Waals surface area contributed by atoms with E-state index in [0.717, 1.165) is 29.1 Å². The Morgan fingerprint density at radius 1 is 1.41 bits per heavy atom. The first-order valence-electron chi connectivity index (χ1n) is 5.42. The number of nitrogens with one attached hydrogen (secondary N) is 1. The van der Waals surface area contributed by atoms with Gasteiger partial charge in [0.1, 0.15) is 0 Å². The molecule has 0 amide bonds. The Hall–Kier alpha value is -2.28. The van der Waals surface area contributed by atoms with Crippen LogP contribution in [0.1, 0.15) is 16.8 Å². The molecule has 4 heteroatoms. The highest BCUT2D eigenvalue weighted by Crippen LogP contribution is 2.15. The first-order valence-corrected chi connectivity index (χ1v) is 5.42. The molecule has 2 aromatic rings. The summed E-state index contributed by atoms with van der Waals surface area (Å²) in [6.07, 6.45) is 1.78. The van der Waals surface area contributed by atoms with Crippen LogP contribution in [0.4, 0.5) is 5.69 Å². The number of rotatable bonds is 3. The summed E-state index contributed by atoms with van der Waals surface area (Å²) in [4.78, 5) is 0. The van der Waals surface area contributed by atoms with Gasteiger partial charge in [0, 0.05) is 18.9 Å². The van der Waals surface area contributed by atoms with Crippen LogP contribution in [-0.4, -0.2) is 9.78 Å². The predicted octanol–water partition coefficient (Wildman–Crippen LogP) is 2.21. The van der Waals surface area contributed by atoms with Gasteiger partial charge in [0.2, 0.25) is 0 Å². The lowest BCUT2D eigenvalue weighted by atomic mass is 10.1. The van der Waals surface area contributed by atoms with Crippen molar-refractivity contribution in [2.75, 3.05) is 5.32 Å². The van der Waals surface area contributed by atoms with Crippen LogP contribution in [0.5, 0.6) is 0 Å². The molecular formula is C13H14N4. The van der Waals surface area contributed by atoms with Gasteiger partial charge in [0.05, 0.1) is 23.9 Å². The van der Waals surface area contributed by atoms with Gasteiger partial charge in [-0.15, -0.1) is 0 Å². The van der Waals surface area contributed by atoms with E-state index in [-0.39, 0.29) is 0 Å². The molecule has 0 atom stereocenters. The average molecular weight is 226 g/mol. The number of nitrogens with zero attached hydrogens (tertiary/aromatic N) is 3. The van der Waals surface area contributed by atoms with Crippen molar-refractivity contribution in [1.82, 2.24) is 9.78 Å². The number of anilines is 1. The van der Waals surface area contributed by atoms with E-state index in [4.69, 9.17) is 5.26 Å². The first-order chi connectivity index (χ1) is 8.20. The molecule has 0 unspecified atom stereocenters. The monoisotopic (exact) mass is 226 g/mol. The normalized spacial score (nSPS) is 9.94. The summed E-state index contributed by atoms with van der Waals surface area (Å²) in [5, 5.41) is 16.3. The summed E-state index contributed by atoms with van der Waals surface area (Å²) < 4.78 is 1.84. The molecule has 0 bridgehead atoms. The molecule has 0 spiro atoms. The largest absolute Gasteiger partial charge is 0.379 e. The summed E-state index contributed by atoms with van der Waals surface area (Å²) >= 11 is 0. The van der Waals surface area contributed by atoms with Crippen molar-refractivity contribution in [3.63, 3.8) is 0 Å². The zero-order valence-corrected chi connectivity index (χ0v) is 9.94. The number of aromatic nitrogens is 2. The predicted molar refractivity (Wildman–Crippen MR) is 66.4 cm³/mol. The van der Waals surface area contributed by atoms with Gasteiger partial charge >= 0.3 is 0 Å². The van der Waals surface area contributed by atoms with Gasteiger partial charge in [-0.1, -0.05) is 0 Å². The standard InChI is InChI=1S/C13H14N4/c1-10-7-12(4-3-11(10)8-14)15-9-13-5-6-16-17(13)2/h3-7,15H,9H2,1-2H3. The van der Waals surface area contributed by atoms with Crippen LogP contribution in [0.15, 0.2) is 30.5 Å². The van der Waals surface area contributed by atoms with Crippen LogP contribution in [0.3, 0.4) is 0 Å². The molecule has 0 aliphatic carbocycles. The van der Waals surface area contributed by atoms with Crippen LogP contribution in [0.25, 0.3) is 0 Å². The van der Waals surface area contributed by atoms with Gasteiger partial charge in [-0.3, -0.25) is 4.68 Å². The Labute approximate surface area is 100 Å². The summed E-state index contributed by atoms with van der Waals surface area (Å²) in [7, 11) is 1.92. The quantitative estimate of drug-likeness (QED) is 0.873. The Morgan fingerprint density at radius 3 is 2.82 bits per heavy atom. The molecule has 0 fully saturated rings. The molecule has 4 nitrogen and oxygen atoms in total. The van der Waals surface area contributed by atoms with Crippen LogP contribution in [0, 0.1) is 18.3 Å². The van der Waals surface area contributed by atoms with Crippen LogP contribution in [0.2, 0.25) is 0 Å². The molecule has 86 valence electrons. The van der Waals surface area contributed by atoms with E-state index in [1.165, 1.54) is 0 Å². The Kier molecular flexibility index (Phi) is 3.10. The minimum absolute atomic E-state index is 0.719. The number of aryl methyl sites for hydroxylation is 2. The van der Waals surface area contributed by atoms with Crippen molar-refractivity contribution in [3.05, 3.63) is 47.3 Å². The smallest absolute Gasteiger partial charge is 0.0994 e. The second-order valence-electron chi connectivity index (χ2n) is 3.94. The molecule has 0 aliphatic heterocycles. The maximum absolute atomic E-state index is 8.84. The topological polar surface area (TPSA) is 53.6 Å². The minimum Gasteiger partial charge on any atom is -0.379 e. The lowest BCUT2D eigenvalue weighted by Gasteiger charge is -2.08. The summed E-state index contributed by atoms with van der Waals surface area (Å²) in [6, 6.07) is 9.87. The summed E-state index contributed by atoms with van der Waals surface area (Å²) in [5.74, 6) is 0. The Morgan fingerprint density at radius 2 is 2.24 bits per heavy atom. The van der Waals surface area contributed by atoms with Crippen LogP contribution >= 0.6 is 0 Å². The van der Waals surface area contributed by atoms with Crippen molar-refractivity contribution >= 4 is 5.69 Å². The molecule has 1 aromatic carbocycles. The van der Waals surface area contributed by atoms with Gasteiger partial charge in [-0.2, -0.15) is 10.4 Å². The fraction of sp³-hybridized carbons (Fsp3) is 0.231. The number of hydrogen-bond acceptors (Lipinski definition) is 3. The lowest BCUT2D eigenvalue weighted by molar-refractivity contribution is 0.720. The van der Waals surface area contributed by atoms with Gasteiger partial charge < -0.3 is 5.32 Å². The highest BCUT2D eigenvalue weighted by atomic mass is 15.3. The van der Waals surface area contributed by atoms with Crippen molar-refractivity contribution in [1.29, 1.82) is 5.26 Å². The number of benzene rings is 1. The molecular weight excluding hydrogens is 212 g/mol. The third kappa shape index (κ3) is 2.45. The highest BCUT2D eigenvalue weighted by Gasteiger charge is 2.01. The van der Waals surface area contributed by atoms with Crippen molar-refractivity contribution in [2.45, 2.75) is 13.5 Å². The Balaban J connectivity index is 2.08. The van der Waals surface area contributed by atoms with E-state index < -0.39 is 0 Å². The Bertz CT molecular complexity index is 563. The first kappa shape index (κ1) is 11.2. The molecule has 0 saturated carbocycles. The van der Waals surface area contributed by atoms with E-state index in [1.807, 2.05) is 42.9 Å². The highest BCUT2D eigenvalue weighted by molar-refractivity contribution is 5.51. The molecule has 0 radical (unpaired) electrons. The van der Waals surface area contributed by atoms with Crippen LogP contribution < -0.4 is 5.32 Å². The van der Waals surface area contributed by atoms with Crippen molar-refractivity contribution < 1.29 is 0 Å². The summed E-state index contributed by atoms with van der Waals surface area (Å²) in [6.45, 7) is 2.66. The second kappa shape index (κ2) is 4.71. The summed E-state index contributed by atoms with van der Waals surface area (Å²) in [5.41, 5.74) is 3.84.